The zero-order chi connectivity index (χ0) is 19.0. The van der Waals surface area contributed by atoms with E-state index in [1.165, 1.54) is 102 Å². The first kappa shape index (κ1) is 24.7. The summed E-state index contributed by atoms with van der Waals surface area (Å²) in [6.07, 6.45) is 20.0. The minimum Gasteiger partial charge on any atom is -0.288 e. The molecule has 0 bridgehead atoms. The molecule has 0 N–H and O–H groups in total. The van der Waals surface area contributed by atoms with Gasteiger partial charge in [0, 0.05) is 5.71 Å². The zero-order valence-electron chi connectivity index (χ0n) is 18.6. The quantitative estimate of drug-likeness (QED) is 0.183. The van der Waals surface area contributed by atoms with Crippen LogP contribution in [-0.2, 0) is 0 Å². The van der Waals surface area contributed by atoms with Crippen molar-refractivity contribution in [3.63, 3.8) is 0 Å². The summed E-state index contributed by atoms with van der Waals surface area (Å²) < 4.78 is 0. The minimum absolute atomic E-state index is 0.192. The highest BCUT2D eigenvalue weighted by Gasteiger charge is 2.22. The second-order valence-electron chi connectivity index (χ2n) is 8.75. The molecule has 0 saturated heterocycles. The maximum atomic E-state index is 5.27. The third-order valence-electron chi connectivity index (χ3n) is 5.63. The summed E-state index contributed by atoms with van der Waals surface area (Å²) in [7, 11) is 0. The van der Waals surface area contributed by atoms with Crippen molar-refractivity contribution in [3.8, 4) is 0 Å². The van der Waals surface area contributed by atoms with E-state index in [9.17, 15) is 0 Å². The number of unbranched alkanes of at least 4 members (excludes halogenated alkanes) is 7. The first-order chi connectivity index (χ1) is 12.0. The fourth-order valence-corrected chi connectivity index (χ4v) is 3.89. The van der Waals surface area contributed by atoms with Gasteiger partial charge in [0.2, 0.25) is 0 Å². The van der Waals surface area contributed by atoms with Crippen molar-refractivity contribution in [3.05, 3.63) is 0 Å². The summed E-state index contributed by atoms with van der Waals surface area (Å²) in [6.45, 7) is 14.0. The number of aliphatic imine (C=N–C) groups is 1. The molecule has 0 spiro atoms. The standard InChI is InChI=1S/C24H49N/c1-7-10-12-14-16-21-24(6,20-15-13-11-8-2)25-23(5)19-18-22(4)17-9-3/h22H,7-21H2,1-6H3. The van der Waals surface area contributed by atoms with Gasteiger partial charge in [-0.3, -0.25) is 4.99 Å². The summed E-state index contributed by atoms with van der Waals surface area (Å²) in [4.78, 5) is 5.27. The number of hydrogen-bond acceptors (Lipinski definition) is 1. The van der Waals surface area contributed by atoms with Crippen molar-refractivity contribution >= 4 is 5.71 Å². The molecule has 0 rings (SSSR count). The van der Waals surface area contributed by atoms with Crippen molar-refractivity contribution in [2.45, 2.75) is 143 Å². The van der Waals surface area contributed by atoms with E-state index in [1.54, 1.807) is 0 Å². The van der Waals surface area contributed by atoms with Crippen LogP contribution < -0.4 is 0 Å². The van der Waals surface area contributed by atoms with E-state index in [2.05, 4.69) is 41.5 Å². The Bertz CT molecular complexity index is 320. The van der Waals surface area contributed by atoms with Gasteiger partial charge in [0.05, 0.1) is 5.54 Å². The molecule has 1 heteroatoms. The molecule has 2 unspecified atom stereocenters. The fraction of sp³-hybridized carbons (Fsp3) is 0.958. The summed E-state index contributed by atoms with van der Waals surface area (Å²) in [6, 6.07) is 0. The molecular weight excluding hydrogens is 302 g/mol. The van der Waals surface area contributed by atoms with E-state index < -0.39 is 0 Å². The molecule has 0 fully saturated rings. The Morgan fingerprint density at radius 1 is 0.760 bits per heavy atom. The second-order valence-corrected chi connectivity index (χ2v) is 8.75. The first-order valence-electron chi connectivity index (χ1n) is 11.5. The van der Waals surface area contributed by atoms with Crippen molar-refractivity contribution in [2.24, 2.45) is 10.9 Å². The van der Waals surface area contributed by atoms with Gasteiger partial charge in [0.25, 0.3) is 0 Å². The molecule has 2 atom stereocenters. The summed E-state index contributed by atoms with van der Waals surface area (Å²) in [5.74, 6) is 0.847. The normalized spacial score (nSPS) is 16.0. The summed E-state index contributed by atoms with van der Waals surface area (Å²) in [5.41, 5.74) is 1.59. The summed E-state index contributed by atoms with van der Waals surface area (Å²) in [5, 5.41) is 0. The van der Waals surface area contributed by atoms with E-state index in [0.717, 1.165) is 5.92 Å². The summed E-state index contributed by atoms with van der Waals surface area (Å²) >= 11 is 0. The van der Waals surface area contributed by atoms with Crippen LogP contribution in [0, 0.1) is 5.92 Å². The van der Waals surface area contributed by atoms with Crippen LogP contribution >= 0.6 is 0 Å². The Morgan fingerprint density at radius 3 is 1.80 bits per heavy atom. The van der Waals surface area contributed by atoms with Gasteiger partial charge < -0.3 is 0 Å². The highest BCUT2D eigenvalue weighted by atomic mass is 14.9. The molecule has 25 heavy (non-hydrogen) atoms. The van der Waals surface area contributed by atoms with Gasteiger partial charge in [0.1, 0.15) is 0 Å². The number of hydrogen-bond donors (Lipinski definition) is 0. The maximum Gasteiger partial charge on any atom is 0.0579 e. The van der Waals surface area contributed by atoms with E-state index in [4.69, 9.17) is 4.99 Å². The van der Waals surface area contributed by atoms with E-state index in [1.807, 2.05) is 0 Å². The molecular formula is C24H49N. The molecule has 0 amide bonds. The topological polar surface area (TPSA) is 12.4 Å². The van der Waals surface area contributed by atoms with Crippen molar-refractivity contribution < 1.29 is 0 Å². The van der Waals surface area contributed by atoms with Crippen LogP contribution in [0.3, 0.4) is 0 Å². The smallest absolute Gasteiger partial charge is 0.0579 e. The van der Waals surface area contributed by atoms with Crippen LogP contribution in [0.1, 0.15) is 138 Å². The SMILES string of the molecule is CCCCCCCC(C)(CCCCCC)N=C(C)CCC(C)CCC. The third-order valence-corrected chi connectivity index (χ3v) is 5.63. The lowest BCUT2D eigenvalue weighted by atomic mass is 9.88. The fourth-order valence-electron chi connectivity index (χ4n) is 3.89. The Balaban J connectivity index is 4.53. The monoisotopic (exact) mass is 351 g/mol. The van der Waals surface area contributed by atoms with Crippen molar-refractivity contribution in [1.29, 1.82) is 0 Å². The van der Waals surface area contributed by atoms with Crippen LogP contribution in [0.2, 0.25) is 0 Å². The van der Waals surface area contributed by atoms with Crippen LogP contribution in [0.25, 0.3) is 0 Å². The number of nitrogens with zero attached hydrogens (tertiary/aromatic N) is 1. The van der Waals surface area contributed by atoms with Crippen LogP contribution in [0.4, 0.5) is 0 Å². The van der Waals surface area contributed by atoms with E-state index in [0.29, 0.717) is 0 Å². The van der Waals surface area contributed by atoms with Gasteiger partial charge >= 0.3 is 0 Å². The van der Waals surface area contributed by atoms with Crippen LogP contribution in [0.15, 0.2) is 4.99 Å². The molecule has 0 aromatic carbocycles. The molecule has 0 aliphatic rings. The second kappa shape index (κ2) is 15.9. The van der Waals surface area contributed by atoms with E-state index in [-0.39, 0.29) is 5.54 Å². The van der Waals surface area contributed by atoms with E-state index >= 15 is 0 Å². The Morgan fingerprint density at radius 2 is 1.28 bits per heavy atom. The van der Waals surface area contributed by atoms with Crippen LogP contribution in [0.5, 0.6) is 0 Å². The average Bonchev–Trinajstić information content (AvgIpc) is 2.57. The van der Waals surface area contributed by atoms with Crippen molar-refractivity contribution in [2.75, 3.05) is 0 Å². The lowest BCUT2D eigenvalue weighted by Crippen LogP contribution is -2.24. The Kier molecular flexibility index (Phi) is 15.7. The van der Waals surface area contributed by atoms with Crippen LogP contribution in [-0.4, -0.2) is 11.3 Å². The predicted molar refractivity (Wildman–Crippen MR) is 117 cm³/mol. The molecule has 1 nitrogen and oxygen atoms in total. The zero-order valence-corrected chi connectivity index (χ0v) is 18.6. The molecule has 0 radical (unpaired) electrons. The van der Waals surface area contributed by atoms with Gasteiger partial charge in [0.15, 0.2) is 0 Å². The van der Waals surface area contributed by atoms with Crippen molar-refractivity contribution in [1.82, 2.24) is 0 Å². The van der Waals surface area contributed by atoms with Gasteiger partial charge in [-0.25, -0.2) is 0 Å². The maximum absolute atomic E-state index is 5.27. The molecule has 0 aromatic rings. The van der Waals surface area contributed by atoms with Gasteiger partial charge in [-0.05, 0) is 45.4 Å². The largest absolute Gasteiger partial charge is 0.288 e. The Labute approximate surface area is 160 Å². The molecule has 0 saturated carbocycles. The average molecular weight is 352 g/mol. The van der Waals surface area contributed by atoms with Gasteiger partial charge in [-0.2, -0.15) is 0 Å². The highest BCUT2D eigenvalue weighted by Crippen LogP contribution is 2.28. The predicted octanol–water partition coefficient (Wildman–Crippen LogP) is 8.75. The lowest BCUT2D eigenvalue weighted by molar-refractivity contribution is 0.366. The first-order valence-corrected chi connectivity index (χ1v) is 11.5. The van der Waals surface area contributed by atoms with Gasteiger partial charge in [-0.15, -0.1) is 0 Å². The number of rotatable bonds is 17. The Hall–Kier alpha value is -0.330. The third kappa shape index (κ3) is 14.5. The van der Waals surface area contributed by atoms with Gasteiger partial charge in [-0.1, -0.05) is 98.3 Å². The molecule has 0 aromatic heterocycles. The molecule has 0 aliphatic heterocycles. The lowest BCUT2D eigenvalue weighted by Gasteiger charge is -2.27. The minimum atomic E-state index is 0.192. The highest BCUT2D eigenvalue weighted by molar-refractivity contribution is 5.82. The molecule has 0 aliphatic carbocycles. The molecule has 0 heterocycles. The molecule has 150 valence electrons.